The van der Waals surface area contributed by atoms with E-state index in [1.807, 2.05) is 0 Å². The molecule has 2 atom stereocenters. The third kappa shape index (κ3) is 6.26. The van der Waals surface area contributed by atoms with E-state index >= 15 is 0 Å². The molecule has 0 amide bonds. The number of aliphatic carboxylic acids is 1. The van der Waals surface area contributed by atoms with Crippen LogP contribution in [0, 0.1) is 11.8 Å². The number of esters is 2. The first-order valence-electron chi connectivity index (χ1n) is 8.43. The Kier molecular flexibility index (Phi) is 9.36. The van der Waals surface area contributed by atoms with Gasteiger partial charge in [-0.2, -0.15) is 0 Å². The normalized spacial score (nSPS) is 13.0. The van der Waals surface area contributed by atoms with Crippen molar-refractivity contribution in [1.29, 1.82) is 0 Å². The molecular formula is C18H21Cl3O6. The van der Waals surface area contributed by atoms with Crippen LogP contribution in [0.3, 0.4) is 0 Å². The van der Waals surface area contributed by atoms with Gasteiger partial charge in [0.25, 0.3) is 0 Å². The quantitative estimate of drug-likeness (QED) is 0.257. The van der Waals surface area contributed by atoms with Gasteiger partial charge in [0, 0.05) is 0 Å². The topological polar surface area (TPSA) is 89.9 Å². The summed E-state index contributed by atoms with van der Waals surface area (Å²) in [6.07, 6.45) is 2.60. The molecule has 6 nitrogen and oxygen atoms in total. The number of carboxylic acids is 1. The fraction of sp³-hybridized carbons (Fsp3) is 0.500. The second kappa shape index (κ2) is 10.7. The fourth-order valence-electron chi connectivity index (χ4n) is 2.60. The highest BCUT2D eigenvalue weighted by atomic mass is 35.5. The van der Waals surface area contributed by atoms with Gasteiger partial charge in [0.05, 0.1) is 21.7 Å². The Hall–Kier alpha value is -1.50. The van der Waals surface area contributed by atoms with Crippen molar-refractivity contribution in [3.8, 4) is 5.75 Å². The van der Waals surface area contributed by atoms with Crippen molar-refractivity contribution in [1.82, 2.24) is 0 Å². The highest BCUT2D eigenvalue weighted by Gasteiger charge is 2.28. The number of carbonyl (C=O) groups is 3. The van der Waals surface area contributed by atoms with Crippen LogP contribution in [0.5, 0.6) is 5.75 Å². The number of hydrogen-bond acceptors (Lipinski definition) is 5. The molecule has 1 aromatic carbocycles. The number of rotatable bonds is 8. The van der Waals surface area contributed by atoms with E-state index in [1.54, 1.807) is 0 Å². The number of ether oxygens (including phenoxy) is 2. The van der Waals surface area contributed by atoms with E-state index in [4.69, 9.17) is 44.6 Å². The maximum Gasteiger partial charge on any atom is 0.422 e. The third-order valence-corrected chi connectivity index (χ3v) is 5.46. The molecule has 0 saturated carbocycles. The van der Waals surface area contributed by atoms with Gasteiger partial charge in [-0.3, -0.25) is 0 Å². The van der Waals surface area contributed by atoms with E-state index < -0.39 is 23.7 Å². The van der Waals surface area contributed by atoms with Crippen molar-refractivity contribution in [2.45, 2.75) is 40.0 Å². The SMILES string of the molecule is CCC(C)C(CC)CCOC(=O)c1c(Cl)c(Cl)cc(Cl)c1OC(=O)C(=O)O. The summed E-state index contributed by atoms with van der Waals surface area (Å²) in [6, 6.07) is 1.14. The van der Waals surface area contributed by atoms with E-state index in [9.17, 15) is 14.4 Å². The Balaban J connectivity index is 3.04. The van der Waals surface area contributed by atoms with Crippen molar-refractivity contribution < 1.29 is 29.0 Å². The van der Waals surface area contributed by atoms with Crippen LogP contribution in [0.1, 0.15) is 50.4 Å². The second-order valence-electron chi connectivity index (χ2n) is 6.03. The Labute approximate surface area is 172 Å². The fourth-order valence-corrected chi connectivity index (χ4v) is 3.32. The molecule has 150 valence electrons. The molecule has 0 saturated heterocycles. The van der Waals surface area contributed by atoms with Crippen molar-refractivity contribution >= 4 is 52.7 Å². The van der Waals surface area contributed by atoms with E-state index in [0.717, 1.165) is 18.9 Å². The Morgan fingerprint density at radius 3 is 2.26 bits per heavy atom. The molecule has 0 aliphatic rings. The lowest BCUT2D eigenvalue weighted by molar-refractivity contribution is -0.158. The lowest BCUT2D eigenvalue weighted by Crippen LogP contribution is -2.21. The van der Waals surface area contributed by atoms with Gasteiger partial charge in [-0.1, -0.05) is 68.4 Å². The number of carboxylic acid groups (broad SMARTS) is 1. The minimum Gasteiger partial charge on any atom is -0.473 e. The van der Waals surface area contributed by atoms with Crippen LogP contribution < -0.4 is 4.74 Å². The smallest absolute Gasteiger partial charge is 0.422 e. The highest BCUT2D eigenvalue weighted by molar-refractivity contribution is 6.46. The summed E-state index contributed by atoms with van der Waals surface area (Å²) in [5.74, 6) is -4.02. The van der Waals surface area contributed by atoms with Gasteiger partial charge in [0.15, 0.2) is 5.75 Å². The minimum atomic E-state index is -1.85. The summed E-state index contributed by atoms with van der Waals surface area (Å²) in [5, 5.41) is 8.16. The van der Waals surface area contributed by atoms with Crippen LogP contribution in [0.4, 0.5) is 0 Å². The van der Waals surface area contributed by atoms with Gasteiger partial charge >= 0.3 is 17.9 Å². The zero-order valence-corrected chi connectivity index (χ0v) is 17.5. The molecule has 0 radical (unpaired) electrons. The van der Waals surface area contributed by atoms with Gasteiger partial charge in [-0.15, -0.1) is 0 Å². The summed E-state index contributed by atoms with van der Waals surface area (Å²) >= 11 is 17.9. The van der Waals surface area contributed by atoms with Crippen LogP contribution in [-0.2, 0) is 14.3 Å². The molecule has 0 aliphatic carbocycles. The van der Waals surface area contributed by atoms with Crippen molar-refractivity contribution in [3.05, 3.63) is 26.7 Å². The van der Waals surface area contributed by atoms with Crippen LogP contribution in [0.2, 0.25) is 15.1 Å². The molecule has 1 N–H and O–H groups in total. The third-order valence-electron chi connectivity index (χ3n) is 4.39. The lowest BCUT2D eigenvalue weighted by atomic mass is 9.87. The van der Waals surface area contributed by atoms with Crippen LogP contribution >= 0.6 is 34.8 Å². The van der Waals surface area contributed by atoms with Crippen LogP contribution in [-0.4, -0.2) is 29.6 Å². The Bertz CT molecular complexity index is 720. The zero-order chi connectivity index (χ0) is 20.7. The molecule has 1 rings (SSSR count). The van der Waals surface area contributed by atoms with E-state index in [-0.39, 0.29) is 27.2 Å². The second-order valence-corrected chi connectivity index (χ2v) is 7.22. The first-order valence-corrected chi connectivity index (χ1v) is 9.56. The molecule has 1 aromatic rings. The molecule has 0 aromatic heterocycles. The summed E-state index contributed by atoms with van der Waals surface area (Å²) < 4.78 is 9.93. The van der Waals surface area contributed by atoms with Gasteiger partial charge in [0.2, 0.25) is 0 Å². The van der Waals surface area contributed by atoms with Crippen molar-refractivity contribution in [3.63, 3.8) is 0 Å². The number of benzene rings is 1. The molecule has 0 aliphatic heterocycles. The Morgan fingerprint density at radius 1 is 1.11 bits per heavy atom. The maximum atomic E-state index is 12.5. The van der Waals surface area contributed by atoms with Gasteiger partial charge in [-0.25, -0.2) is 14.4 Å². The van der Waals surface area contributed by atoms with Gasteiger partial charge in [-0.05, 0) is 24.3 Å². The van der Waals surface area contributed by atoms with Crippen LogP contribution in [0.25, 0.3) is 0 Å². The van der Waals surface area contributed by atoms with E-state index in [0.29, 0.717) is 18.3 Å². The van der Waals surface area contributed by atoms with Gasteiger partial charge in [0.1, 0.15) is 5.56 Å². The standard InChI is InChI=1S/C18H21Cl3O6/c1-4-9(3)10(5-2)6-7-26-17(24)13-14(21)11(19)8-12(20)15(13)27-18(25)16(22)23/h8-10H,4-7H2,1-3H3,(H,22,23). The van der Waals surface area contributed by atoms with Crippen LogP contribution in [0.15, 0.2) is 6.07 Å². The number of hydrogen-bond donors (Lipinski definition) is 1. The van der Waals surface area contributed by atoms with Crippen molar-refractivity contribution in [2.24, 2.45) is 11.8 Å². The maximum absolute atomic E-state index is 12.5. The lowest BCUT2D eigenvalue weighted by Gasteiger charge is -2.21. The number of carbonyl (C=O) groups excluding carboxylic acids is 2. The predicted octanol–water partition coefficient (Wildman–Crippen LogP) is 5.26. The molecule has 0 bridgehead atoms. The average Bonchev–Trinajstić information content (AvgIpc) is 2.62. The number of halogens is 3. The Morgan fingerprint density at radius 2 is 1.74 bits per heavy atom. The molecule has 9 heteroatoms. The summed E-state index contributed by atoms with van der Waals surface area (Å²) in [5.41, 5.74) is -0.389. The zero-order valence-electron chi connectivity index (χ0n) is 15.2. The van der Waals surface area contributed by atoms with E-state index in [1.165, 1.54) is 0 Å². The molecule has 0 fully saturated rings. The monoisotopic (exact) mass is 438 g/mol. The molecule has 0 heterocycles. The molecule has 0 spiro atoms. The predicted molar refractivity (Wildman–Crippen MR) is 103 cm³/mol. The first-order chi connectivity index (χ1) is 12.6. The highest BCUT2D eigenvalue weighted by Crippen LogP contribution is 2.40. The molecule has 27 heavy (non-hydrogen) atoms. The minimum absolute atomic E-state index is 0.0604. The summed E-state index contributed by atoms with van der Waals surface area (Å²) in [7, 11) is 0. The molecule has 2 unspecified atom stereocenters. The first kappa shape index (κ1) is 23.5. The van der Waals surface area contributed by atoms with E-state index in [2.05, 4.69) is 25.5 Å². The molecular weight excluding hydrogens is 419 g/mol. The average molecular weight is 440 g/mol. The summed E-state index contributed by atoms with van der Waals surface area (Å²) in [4.78, 5) is 34.6. The van der Waals surface area contributed by atoms with Crippen molar-refractivity contribution in [2.75, 3.05) is 6.61 Å². The summed E-state index contributed by atoms with van der Waals surface area (Å²) in [6.45, 7) is 6.41. The van der Waals surface area contributed by atoms with Gasteiger partial charge < -0.3 is 14.6 Å². The largest absolute Gasteiger partial charge is 0.473 e.